The van der Waals surface area contributed by atoms with Crippen LogP contribution < -0.4 is 5.32 Å². The van der Waals surface area contributed by atoms with Crippen LogP contribution >= 0.6 is 0 Å². The lowest BCUT2D eigenvalue weighted by Crippen LogP contribution is -2.43. The van der Waals surface area contributed by atoms with E-state index in [1.54, 1.807) is 0 Å². The van der Waals surface area contributed by atoms with Crippen LogP contribution in [0.15, 0.2) is 47.0 Å². The number of carbonyl (C=O) groups is 1. The third-order valence-corrected chi connectivity index (χ3v) is 6.24. The molecule has 1 aliphatic rings. The maximum atomic E-state index is 13.0. The highest BCUT2D eigenvalue weighted by Gasteiger charge is 2.28. The van der Waals surface area contributed by atoms with Gasteiger partial charge in [-0.25, -0.2) is 0 Å². The molecule has 2 unspecified atom stereocenters. The number of rotatable bonds is 6. The van der Waals surface area contributed by atoms with Crippen LogP contribution in [0.4, 0.5) is 0 Å². The van der Waals surface area contributed by atoms with E-state index < -0.39 is 0 Å². The van der Waals surface area contributed by atoms with Gasteiger partial charge in [-0.05, 0) is 64.3 Å². The molecule has 32 heavy (non-hydrogen) atoms. The summed E-state index contributed by atoms with van der Waals surface area (Å²) in [4.78, 5) is 19.8. The number of hydrogen-bond acceptors (Lipinski definition) is 5. The molecular formula is C26H32N4O2. The van der Waals surface area contributed by atoms with E-state index >= 15 is 0 Å². The van der Waals surface area contributed by atoms with Crippen molar-refractivity contribution in [2.75, 3.05) is 13.1 Å². The van der Waals surface area contributed by atoms with Crippen LogP contribution in [0, 0.1) is 26.7 Å². The minimum Gasteiger partial charge on any atom is -0.349 e. The van der Waals surface area contributed by atoms with Gasteiger partial charge in [-0.2, -0.15) is 4.98 Å². The molecule has 2 aromatic carbocycles. The second-order valence-electron chi connectivity index (χ2n) is 9.05. The zero-order valence-corrected chi connectivity index (χ0v) is 19.4. The maximum absolute atomic E-state index is 13.0. The fourth-order valence-electron chi connectivity index (χ4n) is 4.46. The Morgan fingerprint density at radius 2 is 2.00 bits per heavy atom. The highest BCUT2D eigenvalue weighted by molar-refractivity contribution is 5.79. The Hall–Kier alpha value is -2.99. The van der Waals surface area contributed by atoms with Crippen molar-refractivity contribution in [2.45, 2.75) is 53.1 Å². The molecule has 1 fully saturated rings. The predicted octanol–water partition coefficient (Wildman–Crippen LogP) is 4.75. The Bertz CT molecular complexity index is 1090. The monoisotopic (exact) mass is 432 g/mol. The van der Waals surface area contributed by atoms with Crippen molar-refractivity contribution in [1.29, 1.82) is 0 Å². The smallest absolute Gasteiger partial charge is 0.241 e. The summed E-state index contributed by atoms with van der Waals surface area (Å²) in [6.45, 7) is 10.5. The summed E-state index contributed by atoms with van der Waals surface area (Å²) in [5.74, 6) is 1.29. The lowest BCUT2D eigenvalue weighted by molar-refractivity contribution is -0.127. The third kappa shape index (κ3) is 5.25. The van der Waals surface area contributed by atoms with Crippen LogP contribution in [-0.4, -0.2) is 34.0 Å². The second kappa shape index (κ2) is 9.65. The molecule has 6 nitrogen and oxygen atoms in total. The summed E-state index contributed by atoms with van der Waals surface area (Å²) < 4.78 is 5.50. The SMILES string of the molecule is Cc1cccc(-c2noc(CN3CCCC(C(=O)NC(C)c4cc(C)ccc4C)C3)n2)c1. The molecule has 1 aliphatic heterocycles. The van der Waals surface area contributed by atoms with Crippen molar-refractivity contribution in [3.05, 3.63) is 70.6 Å². The fraction of sp³-hybridized carbons (Fsp3) is 0.423. The highest BCUT2D eigenvalue weighted by Crippen LogP contribution is 2.23. The minimum absolute atomic E-state index is 0.00870. The Kier molecular flexibility index (Phi) is 6.70. The van der Waals surface area contributed by atoms with Crippen molar-refractivity contribution < 1.29 is 9.32 Å². The van der Waals surface area contributed by atoms with Gasteiger partial charge in [-0.3, -0.25) is 9.69 Å². The van der Waals surface area contributed by atoms with Crippen molar-refractivity contribution >= 4 is 5.91 Å². The van der Waals surface area contributed by atoms with Crippen LogP contribution in [0.1, 0.15) is 54.0 Å². The van der Waals surface area contributed by atoms with Gasteiger partial charge in [0, 0.05) is 12.1 Å². The van der Waals surface area contributed by atoms with E-state index in [9.17, 15) is 4.79 Å². The number of aryl methyl sites for hydroxylation is 3. The lowest BCUT2D eigenvalue weighted by atomic mass is 9.95. The van der Waals surface area contributed by atoms with Gasteiger partial charge in [0.25, 0.3) is 0 Å². The Labute approximate surface area is 190 Å². The molecule has 0 aliphatic carbocycles. The summed E-state index contributed by atoms with van der Waals surface area (Å²) in [6, 6.07) is 14.4. The molecule has 2 atom stereocenters. The van der Waals surface area contributed by atoms with Crippen LogP contribution in [0.5, 0.6) is 0 Å². The molecule has 1 amide bonds. The summed E-state index contributed by atoms with van der Waals surface area (Å²) in [5.41, 5.74) is 5.71. The fourth-order valence-corrected chi connectivity index (χ4v) is 4.46. The summed E-state index contributed by atoms with van der Waals surface area (Å²) >= 11 is 0. The number of piperidine rings is 1. The minimum atomic E-state index is -0.0320. The summed E-state index contributed by atoms with van der Waals surface area (Å²) in [5, 5.41) is 7.38. The highest BCUT2D eigenvalue weighted by atomic mass is 16.5. The third-order valence-electron chi connectivity index (χ3n) is 6.24. The topological polar surface area (TPSA) is 71.3 Å². The van der Waals surface area contributed by atoms with Crippen molar-refractivity contribution in [3.63, 3.8) is 0 Å². The van der Waals surface area contributed by atoms with E-state index in [1.165, 1.54) is 16.7 Å². The normalized spacial score (nSPS) is 17.8. The number of aromatic nitrogens is 2. The first-order valence-corrected chi connectivity index (χ1v) is 11.4. The number of carbonyl (C=O) groups excluding carboxylic acids is 1. The second-order valence-corrected chi connectivity index (χ2v) is 9.05. The first-order valence-electron chi connectivity index (χ1n) is 11.4. The molecule has 6 heteroatoms. The molecule has 168 valence electrons. The number of hydrogen-bond donors (Lipinski definition) is 1. The summed E-state index contributed by atoms with van der Waals surface area (Å²) in [7, 11) is 0. The average Bonchev–Trinajstić information content (AvgIpc) is 3.24. The Balaban J connectivity index is 1.36. The molecule has 0 radical (unpaired) electrons. The van der Waals surface area contributed by atoms with E-state index in [-0.39, 0.29) is 17.9 Å². The van der Waals surface area contributed by atoms with Gasteiger partial charge >= 0.3 is 0 Å². The predicted molar refractivity (Wildman–Crippen MR) is 125 cm³/mol. The van der Waals surface area contributed by atoms with E-state index in [2.05, 4.69) is 59.3 Å². The molecule has 1 saturated heterocycles. The van der Waals surface area contributed by atoms with Crippen LogP contribution in [-0.2, 0) is 11.3 Å². The summed E-state index contributed by atoms with van der Waals surface area (Å²) in [6.07, 6.45) is 1.88. The van der Waals surface area contributed by atoms with Gasteiger partial charge < -0.3 is 9.84 Å². The van der Waals surface area contributed by atoms with Gasteiger partial charge in [0.15, 0.2) is 0 Å². The quantitative estimate of drug-likeness (QED) is 0.609. The number of nitrogens with one attached hydrogen (secondary N) is 1. The molecule has 0 spiro atoms. The van der Waals surface area contributed by atoms with E-state index in [1.807, 2.05) is 31.2 Å². The molecule has 1 aromatic heterocycles. The van der Waals surface area contributed by atoms with Crippen LogP contribution in [0.2, 0.25) is 0 Å². The molecule has 2 heterocycles. The lowest BCUT2D eigenvalue weighted by Gasteiger charge is -2.31. The van der Waals surface area contributed by atoms with Gasteiger partial charge in [-0.1, -0.05) is 52.7 Å². The molecule has 4 rings (SSSR count). The largest absolute Gasteiger partial charge is 0.349 e. The standard InChI is InChI=1S/C26H32N4O2/c1-17-7-5-8-21(13-17)25-28-24(32-29-25)16-30-12-6-9-22(15-30)26(31)27-20(4)23-14-18(2)10-11-19(23)3/h5,7-8,10-11,13-14,20,22H,6,9,12,15-16H2,1-4H3,(H,27,31). The molecular weight excluding hydrogens is 400 g/mol. The van der Waals surface area contributed by atoms with Crippen molar-refractivity contribution in [1.82, 2.24) is 20.4 Å². The maximum Gasteiger partial charge on any atom is 0.241 e. The molecule has 1 N–H and O–H groups in total. The molecule has 0 saturated carbocycles. The first-order chi connectivity index (χ1) is 15.4. The Morgan fingerprint density at radius 3 is 2.81 bits per heavy atom. The van der Waals surface area contributed by atoms with Crippen molar-refractivity contribution in [3.8, 4) is 11.4 Å². The molecule has 0 bridgehead atoms. The Morgan fingerprint density at radius 1 is 1.19 bits per heavy atom. The van der Waals surface area contributed by atoms with Gasteiger partial charge in [0.05, 0.1) is 18.5 Å². The van der Waals surface area contributed by atoms with E-state index in [0.29, 0.717) is 24.8 Å². The van der Waals surface area contributed by atoms with Gasteiger partial charge in [0.1, 0.15) is 0 Å². The van der Waals surface area contributed by atoms with Gasteiger partial charge in [-0.15, -0.1) is 0 Å². The number of nitrogens with zero attached hydrogens (tertiary/aromatic N) is 3. The average molecular weight is 433 g/mol. The number of likely N-dealkylation sites (tertiary alicyclic amines) is 1. The van der Waals surface area contributed by atoms with E-state index in [0.717, 1.165) is 30.5 Å². The first kappa shape index (κ1) is 22.2. The zero-order chi connectivity index (χ0) is 22.7. The van der Waals surface area contributed by atoms with Gasteiger partial charge in [0.2, 0.25) is 17.6 Å². The van der Waals surface area contributed by atoms with Crippen molar-refractivity contribution in [2.24, 2.45) is 5.92 Å². The molecule has 3 aromatic rings. The number of amides is 1. The number of benzene rings is 2. The zero-order valence-electron chi connectivity index (χ0n) is 19.4. The van der Waals surface area contributed by atoms with E-state index in [4.69, 9.17) is 4.52 Å². The van der Waals surface area contributed by atoms with Crippen LogP contribution in [0.3, 0.4) is 0 Å². The van der Waals surface area contributed by atoms with Crippen LogP contribution in [0.25, 0.3) is 11.4 Å².